The fourth-order valence-electron chi connectivity index (χ4n) is 3.42. The van der Waals surface area contributed by atoms with Crippen molar-refractivity contribution in [1.29, 1.82) is 0 Å². The molecule has 6 nitrogen and oxygen atoms in total. The number of alkyl halides is 6. The molecule has 0 saturated carbocycles. The van der Waals surface area contributed by atoms with Crippen LogP contribution in [0.1, 0.15) is 21.8 Å². The lowest BCUT2D eigenvalue weighted by atomic mass is 10.1. The van der Waals surface area contributed by atoms with E-state index in [4.69, 9.17) is 4.74 Å². The molecular weight excluding hydrogens is 554 g/mol. The Labute approximate surface area is 220 Å². The number of thiophene rings is 1. The monoisotopic (exact) mass is 572 g/mol. The minimum Gasteiger partial charge on any atom is -0.497 e. The van der Waals surface area contributed by atoms with Gasteiger partial charge in [-0.15, -0.1) is 21.5 Å². The normalized spacial score (nSPS) is 12.0. The number of rotatable bonds is 8. The Kier molecular flexibility index (Phi) is 8.02. The van der Waals surface area contributed by atoms with Gasteiger partial charge in [0.05, 0.1) is 24.0 Å². The van der Waals surface area contributed by atoms with Crippen molar-refractivity contribution in [3.63, 3.8) is 0 Å². The molecule has 0 unspecified atom stereocenters. The van der Waals surface area contributed by atoms with Crippen LogP contribution in [0.5, 0.6) is 5.75 Å². The third-order valence-electron chi connectivity index (χ3n) is 5.15. The van der Waals surface area contributed by atoms with Gasteiger partial charge in [-0.25, -0.2) is 0 Å². The highest BCUT2D eigenvalue weighted by molar-refractivity contribution is 7.99. The standard InChI is InChI=1S/C24H18F6N4O2S2/c1-36-18-6-4-17(5-7-18)34-20(12-19-3-2-8-37-19)32-33-22(34)38-13-21(35)31-16-10-14(23(25,26)27)9-15(11-16)24(28,29)30/h2-11H,12-13H2,1H3,(H,31,35). The first kappa shape index (κ1) is 27.5. The molecule has 1 N–H and O–H groups in total. The molecule has 2 heterocycles. The number of halogens is 6. The van der Waals surface area contributed by atoms with Crippen molar-refractivity contribution in [3.8, 4) is 11.4 Å². The Morgan fingerprint density at radius 2 is 1.66 bits per heavy atom. The van der Waals surface area contributed by atoms with E-state index in [-0.39, 0.29) is 11.8 Å². The minimum atomic E-state index is -5.02. The predicted octanol–water partition coefficient (Wildman–Crippen LogP) is 6.70. The zero-order chi connectivity index (χ0) is 27.5. The second-order valence-corrected chi connectivity index (χ2v) is 9.79. The van der Waals surface area contributed by atoms with Crippen LogP contribution < -0.4 is 10.1 Å². The van der Waals surface area contributed by atoms with Gasteiger partial charge >= 0.3 is 12.4 Å². The molecule has 0 radical (unpaired) electrons. The largest absolute Gasteiger partial charge is 0.497 e. The maximum Gasteiger partial charge on any atom is 0.416 e. The maximum absolute atomic E-state index is 13.1. The lowest BCUT2D eigenvalue weighted by molar-refractivity contribution is -0.143. The lowest BCUT2D eigenvalue weighted by Gasteiger charge is -2.15. The molecule has 0 atom stereocenters. The van der Waals surface area contributed by atoms with Gasteiger partial charge in [0.25, 0.3) is 0 Å². The summed E-state index contributed by atoms with van der Waals surface area (Å²) in [5.74, 6) is 0.0412. The van der Waals surface area contributed by atoms with E-state index in [0.717, 1.165) is 16.6 Å². The number of methoxy groups -OCH3 is 1. The van der Waals surface area contributed by atoms with Crippen molar-refractivity contribution in [2.45, 2.75) is 23.9 Å². The first-order valence-electron chi connectivity index (χ1n) is 10.8. The summed E-state index contributed by atoms with van der Waals surface area (Å²) in [5, 5.41) is 12.8. The molecule has 4 rings (SSSR count). The number of anilines is 1. The number of thioether (sulfide) groups is 1. The first-order chi connectivity index (χ1) is 17.9. The summed E-state index contributed by atoms with van der Waals surface area (Å²) >= 11 is 2.47. The average Bonchev–Trinajstić information content (AvgIpc) is 3.52. The molecule has 0 aliphatic heterocycles. The van der Waals surface area contributed by atoms with Gasteiger partial charge in [-0.2, -0.15) is 26.3 Å². The van der Waals surface area contributed by atoms with Crippen LogP contribution in [0, 0.1) is 0 Å². The Morgan fingerprint density at radius 1 is 1.00 bits per heavy atom. The summed E-state index contributed by atoms with van der Waals surface area (Å²) in [7, 11) is 1.53. The van der Waals surface area contributed by atoms with E-state index >= 15 is 0 Å². The van der Waals surface area contributed by atoms with Crippen molar-refractivity contribution in [3.05, 3.63) is 81.8 Å². The van der Waals surface area contributed by atoms with E-state index in [2.05, 4.69) is 15.5 Å². The number of aromatic nitrogens is 3. The molecule has 0 aliphatic carbocycles. The number of ether oxygens (including phenoxy) is 1. The van der Waals surface area contributed by atoms with E-state index in [0.29, 0.717) is 41.0 Å². The Bertz CT molecular complexity index is 1370. The van der Waals surface area contributed by atoms with Gasteiger partial charge in [0, 0.05) is 22.7 Å². The molecule has 0 bridgehead atoms. The third kappa shape index (κ3) is 6.67. The summed E-state index contributed by atoms with van der Waals surface area (Å²) in [5.41, 5.74) is -2.98. The van der Waals surface area contributed by atoms with Crippen LogP contribution >= 0.6 is 23.1 Å². The van der Waals surface area contributed by atoms with Gasteiger partial charge in [0.15, 0.2) is 5.16 Å². The van der Waals surface area contributed by atoms with Crippen molar-refractivity contribution < 1.29 is 35.9 Å². The second kappa shape index (κ2) is 11.1. The molecule has 4 aromatic rings. The zero-order valence-corrected chi connectivity index (χ0v) is 21.1. The molecule has 0 aliphatic rings. The van der Waals surface area contributed by atoms with Crippen LogP contribution in [0.3, 0.4) is 0 Å². The lowest BCUT2D eigenvalue weighted by Crippen LogP contribution is -2.17. The van der Waals surface area contributed by atoms with Crippen LogP contribution in [0.15, 0.2) is 65.1 Å². The smallest absolute Gasteiger partial charge is 0.416 e. The number of nitrogens with zero attached hydrogens (tertiary/aromatic N) is 3. The summed E-state index contributed by atoms with van der Waals surface area (Å²) in [6.07, 6.45) is -9.60. The summed E-state index contributed by atoms with van der Waals surface area (Å²) in [6.45, 7) is 0. The van der Waals surface area contributed by atoms with Crippen LogP contribution in [-0.4, -0.2) is 33.5 Å². The molecule has 1 amide bonds. The fourth-order valence-corrected chi connectivity index (χ4v) is 4.89. The number of benzene rings is 2. The molecule has 0 fully saturated rings. The number of carbonyl (C=O) groups is 1. The highest BCUT2D eigenvalue weighted by Crippen LogP contribution is 2.37. The van der Waals surface area contributed by atoms with Gasteiger partial charge in [-0.1, -0.05) is 17.8 Å². The van der Waals surface area contributed by atoms with Crippen molar-refractivity contribution >= 4 is 34.7 Å². The SMILES string of the molecule is COc1ccc(-n2c(Cc3cccs3)nnc2SCC(=O)Nc2cc(C(F)(F)F)cc(C(F)(F)F)c2)cc1. The van der Waals surface area contributed by atoms with E-state index in [1.165, 1.54) is 18.4 Å². The van der Waals surface area contributed by atoms with Crippen molar-refractivity contribution in [2.24, 2.45) is 0 Å². The average molecular weight is 573 g/mol. The van der Waals surface area contributed by atoms with Crippen molar-refractivity contribution in [2.75, 3.05) is 18.2 Å². The molecule has 2 aromatic carbocycles. The molecule has 14 heteroatoms. The van der Waals surface area contributed by atoms with Crippen LogP contribution in [-0.2, 0) is 23.6 Å². The third-order valence-corrected chi connectivity index (χ3v) is 6.95. The fraction of sp³-hybridized carbons (Fsp3) is 0.208. The van der Waals surface area contributed by atoms with Gasteiger partial charge in [-0.05, 0) is 53.9 Å². The van der Waals surface area contributed by atoms with E-state index in [9.17, 15) is 31.1 Å². The van der Waals surface area contributed by atoms with Gasteiger partial charge in [0.1, 0.15) is 11.6 Å². The van der Waals surface area contributed by atoms with Gasteiger partial charge in [0.2, 0.25) is 5.91 Å². The zero-order valence-electron chi connectivity index (χ0n) is 19.4. The van der Waals surface area contributed by atoms with Crippen molar-refractivity contribution in [1.82, 2.24) is 14.8 Å². The molecule has 200 valence electrons. The highest BCUT2D eigenvalue weighted by atomic mass is 32.2. The molecular formula is C24H18F6N4O2S2. The Morgan fingerprint density at radius 3 is 2.21 bits per heavy atom. The van der Waals surface area contributed by atoms with Crippen LogP contribution in [0.25, 0.3) is 5.69 Å². The Hall–Kier alpha value is -3.52. The summed E-state index contributed by atoms with van der Waals surface area (Å²) < 4.78 is 85.7. The number of carbonyl (C=O) groups excluding carboxylic acids is 1. The van der Waals surface area contributed by atoms with Gasteiger partial charge < -0.3 is 10.1 Å². The quantitative estimate of drug-likeness (QED) is 0.188. The Balaban J connectivity index is 1.56. The molecule has 2 aromatic heterocycles. The highest BCUT2D eigenvalue weighted by Gasteiger charge is 2.37. The topological polar surface area (TPSA) is 69.0 Å². The summed E-state index contributed by atoms with van der Waals surface area (Å²) in [6, 6.07) is 11.7. The predicted molar refractivity (Wildman–Crippen MR) is 131 cm³/mol. The minimum absolute atomic E-state index is 0.00312. The number of amides is 1. The number of nitrogens with one attached hydrogen (secondary N) is 1. The number of hydrogen-bond acceptors (Lipinski definition) is 6. The number of hydrogen-bond donors (Lipinski definition) is 1. The van der Waals surface area contributed by atoms with Gasteiger partial charge in [-0.3, -0.25) is 9.36 Å². The first-order valence-corrected chi connectivity index (χ1v) is 12.6. The molecule has 0 spiro atoms. The summed E-state index contributed by atoms with van der Waals surface area (Å²) in [4.78, 5) is 13.6. The van der Waals surface area contributed by atoms with Crippen LogP contribution in [0.4, 0.5) is 32.0 Å². The van der Waals surface area contributed by atoms with Crippen LogP contribution in [0.2, 0.25) is 0 Å². The molecule has 38 heavy (non-hydrogen) atoms. The second-order valence-electron chi connectivity index (χ2n) is 7.82. The van der Waals surface area contributed by atoms with E-state index < -0.39 is 35.1 Å². The van der Waals surface area contributed by atoms with E-state index in [1.54, 1.807) is 28.8 Å². The molecule has 0 saturated heterocycles. The maximum atomic E-state index is 13.1. The van der Waals surface area contributed by atoms with E-state index in [1.807, 2.05) is 17.5 Å².